The monoisotopic (exact) mass is 270 g/mol. The maximum absolute atomic E-state index is 11.9. The van der Waals surface area contributed by atoms with Gasteiger partial charge in [-0.05, 0) is 18.6 Å². The van der Waals surface area contributed by atoms with Gasteiger partial charge in [-0.25, -0.2) is 0 Å². The van der Waals surface area contributed by atoms with Crippen molar-refractivity contribution in [3.05, 3.63) is 34.9 Å². The van der Waals surface area contributed by atoms with E-state index in [9.17, 15) is 4.79 Å². The van der Waals surface area contributed by atoms with Crippen molar-refractivity contribution in [2.75, 3.05) is 7.05 Å². The smallest absolute Gasteiger partial charge is 0.232 e. The summed E-state index contributed by atoms with van der Waals surface area (Å²) < 4.78 is 0. The second-order valence-electron chi connectivity index (χ2n) is 3.91. The van der Waals surface area contributed by atoms with E-state index in [1.165, 1.54) is 0 Å². The average molecular weight is 271 g/mol. The molecule has 5 heteroatoms. The van der Waals surface area contributed by atoms with E-state index in [1.807, 2.05) is 18.2 Å². The van der Waals surface area contributed by atoms with Crippen molar-refractivity contribution in [1.82, 2.24) is 4.90 Å². The first-order valence-electron chi connectivity index (χ1n) is 5.21. The third kappa shape index (κ3) is 3.68. The number of halogens is 1. The highest BCUT2D eigenvalue weighted by Crippen LogP contribution is 2.17. The lowest BCUT2D eigenvalue weighted by atomic mass is 10.1. The molecule has 0 spiro atoms. The lowest BCUT2D eigenvalue weighted by Gasteiger charge is -2.21. The first kappa shape index (κ1) is 13.9. The van der Waals surface area contributed by atoms with Gasteiger partial charge in [-0.1, -0.05) is 42.0 Å². The first-order valence-corrected chi connectivity index (χ1v) is 5.99. The summed E-state index contributed by atoms with van der Waals surface area (Å²) in [6.07, 6.45) is 0. The van der Waals surface area contributed by atoms with E-state index in [0.29, 0.717) is 11.6 Å². The molecular weight excluding hydrogens is 256 g/mol. The highest BCUT2D eigenvalue weighted by atomic mass is 35.5. The van der Waals surface area contributed by atoms with Crippen LogP contribution in [0.1, 0.15) is 12.5 Å². The number of rotatable bonds is 4. The molecule has 92 valence electrons. The summed E-state index contributed by atoms with van der Waals surface area (Å²) in [5.41, 5.74) is 6.36. The fourth-order valence-electron chi connectivity index (χ4n) is 1.41. The number of nitrogens with zero attached hydrogens (tertiary/aromatic N) is 1. The quantitative estimate of drug-likeness (QED) is 0.854. The summed E-state index contributed by atoms with van der Waals surface area (Å²) in [6, 6.07) is 7.42. The summed E-state index contributed by atoms with van der Waals surface area (Å²) >= 11 is 10.8. The molecule has 0 aliphatic heterocycles. The molecular formula is C12H15ClN2OS. The molecule has 0 fully saturated rings. The van der Waals surface area contributed by atoms with E-state index in [4.69, 9.17) is 29.6 Å². The molecule has 1 aromatic rings. The molecule has 2 N–H and O–H groups in total. The zero-order valence-electron chi connectivity index (χ0n) is 9.81. The second-order valence-corrected chi connectivity index (χ2v) is 4.79. The van der Waals surface area contributed by atoms with Crippen molar-refractivity contribution >= 4 is 34.7 Å². The molecule has 1 rings (SSSR count). The molecule has 0 bridgehead atoms. The Bertz CT molecular complexity index is 436. The lowest BCUT2D eigenvalue weighted by Crippen LogP contribution is -2.37. The molecule has 0 saturated carbocycles. The molecule has 0 saturated heterocycles. The van der Waals surface area contributed by atoms with Gasteiger partial charge in [0.15, 0.2) is 0 Å². The Morgan fingerprint density at radius 3 is 2.65 bits per heavy atom. The number of thiocarbonyl (C=S) groups is 1. The van der Waals surface area contributed by atoms with Gasteiger partial charge in [-0.2, -0.15) is 0 Å². The van der Waals surface area contributed by atoms with Gasteiger partial charge in [0.2, 0.25) is 5.91 Å². The Hall–Kier alpha value is -1.13. The van der Waals surface area contributed by atoms with Crippen LogP contribution in [0.2, 0.25) is 5.02 Å². The molecule has 17 heavy (non-hydrogen) atoms. The SMILES string of the molecule is CC(C(=O)N(C)Cc1ccccc1Cl)C(N)=S. The Morgan fingerprint density at radius 2 is 2.12 bits per heavy atom. The van der Waals surface area contributed by atoms with Crippen LogP contribution in [0.4, 0.5) is 0 Å². The van der Waals surface area contributed by atoms with Crippen LogP contribution in [0, 0.1) is 5.92 Å². The highest BCUT2D eigenvalue weighted by Gasteiger charge is 2.20. The van der Waals surface area contributed by atoms with Crippen molar-refractivity contribution in [1.29, 1.82) is 0 Å². The fourth-order valence-corrected chi connectivity index (χ4v) is 1.71. The fraction of sp³-hybridized carbons (Fsp3) is 0.333. The Labute approximate surface area is 112 Å². The van der Waals surface area contributed by atoms with Crippen molar-refractivity contribution < 1.29 is 4.79 Å². The van der Waals surface area contributed by atoms with Crippen LogP contribution in [-0.2, 0) is 11.3 Å². The van der Waals surface area contributed by atoms with Gasteiger partial charge in [-0.15, -0.1) is 0 Å². The second kappa shape index (κ2) is 5.98. The molecule has 0 aliphatic rings. The number of carbonyl (C=O) groups excluding carboxylic acids is 1. The van der Waals surface area contributed by atoms with Crippen LogP contribution < -0.4 is 5.73 Å². The van der Waals surface area contributed by atoms with Crippen molar-refractivity contribution in [3.8, 4) is 0 Å². The van der Waals surface area contributed by atoms with Crippen molar-refractivity contribution in [2.45, 2.75) is 13.5 Å². The van der Waals surface area contributed by atoms with E-state index in [0.717, 1.165) is 5.56 Å². The minimum absolute atomic E-state index is 0.0996. The standard InChI is InChI=1S/C12H15ClN2OS/c1-8(11(14)17)12(16)15(2)7-9-5-3-4-6-10(9)13/h3-6,8H,7H2,1-2H3,(H2,14,17). The van der Waals surface area contributed by atoms with Crippen molar-refractivity contribution in [3.63, 3.8) is 0 Å². The normalized spacial score (nSPS) is 11.9. The van der Waals surface area contributed by atoms with Gasteiger partial charge < -0.3 is 10.6 Å². The first-order chi connectivity index (χ1) is 7.93. The number of carbonyl (C=O) groups is 1. The third-order valence-electron chi connectivity index (χ3n) is 2.54. The number of hydrogen-bond acceptors (Lipinski definition) is 2. The number of nitrogens with two attached hydrogens (primary N) is 1. The molecule has 3 nitrogen and oxygen atoms in total. The number of hydrogen-bond donors (Lipinski definition) is 1. The van der Waals surface area contributed by atoms with Gasteiger partial charge in [0.05, 0.1) is 10.9 Å². The molecule has 0 aromatic heterocycles. The number of benzene rings is 1. The maximum atomic E-state index is 11.9. The molecule has 1 aromatic carbocycles. The molecule has 0 radical (unpaired) electrons. The van der Waals surface area contributed by atoms with Gasteiger partial charge in [0.1, 0.15) is 0 Å². The third-order valence-corrected chi connectivity index (χ3v) is 3.26. The van der Waals surface area contributed by atoms with Crippen LogP contribution in [0.15, 0.2) is 24.3 Å². The predicted octanol–water partition coefficient (Wildman–Crippen LogP) is 2.22. The molecule has 1 amide bonds. The Morgan fingerprint density at radius 1 is 1.53 bits per heavy atom. The summed E-state index contributed by atoms with van der Waals surface area (Å²) in [7, 11) is 1.71. The Kier molecular flexibility index (Phi) is 4.90. The summed E-state index contributed by atoms with van der Waals surface area (Å²) in [6.45, 7) is 2.15. The zero-order chi connectivity index (χ0) is 13.0. The summed E-state index contributed by atoms with van der Waals surface area (Å²) in [5, 5.41) is 0.648. The van der Waals surface area contributed by atoms with Gasteiger partial charge in [0, 0.05) is 18.6 Å². The van der Waals surface area contributed by atoms with E-state index < -0.39 is 5.92 Å². The topological polar surface area (TPSA) is 46.3 Å². The average Bonchev–Trinajstić information content (AvgIpc) is 2.30. The Balaban J connectivity index is 2.73. The van der Waals surface area contributed by atoms with Crippen molar-refractivity contribution in [2.24, 2.45) is 11.7 Å². The van der Waals surface area contributed by atoms with Gasteiger partial charge in [0.25, 0.3) is 0 Å². The van der Waals surface area contributed by atoms with E-state index >= 15 is 0 Å². The molecule has 0 heterocycles. The summed E-state index contributed by atoms with van der Waals surface area (Å²) in [4.78, 5) is 13.7. The van der Waals surface area contributed by atoms with Gasteiger partial charge in [-0.3, -0.25) is 4.79 Å². The van der Waals surface area contributed by atoms with Crippen LogP contribution >= 0.6 is 23.8 Å². The van der Waals surface area contributed by atoms with E-state index in [1.54, 1.807) is 24.9 Å². The largest absolute Gasteiger partial charge is 0.393 e. The lowest BCUT2D eigenvalue weighted by molar-refractivity contribution is -0.132. The molecule has 1 unspecified atom stereocenters. The minimum Gasteiger partial charge on any atom is -0.393 e. The van der Waals surface area contributed by atoms with E-state index in [-0.39, 0.29) is 10.9 Å². The van der Waals surface area contributed by atoms with Crippen LogP contribution in [0.5, 0.6) is 0 Å². The zero-order valence-corrected chi connectivity index (χ0v) is 11.4. The van der Waals surface area contributed by atoms with Crippen LogP contribution in [-0.4, -0.2) is 22.8 Å². The highest BCUT2D eigenvalue weighted by molar-refractivity contribution is 7.80. The maximum Gasteiger partial charge on any atom is 0.232 e. The minimum atomic E-state index is -0.447. The summed E-state index contributed by atoms with van der Waals surface area (Å²) in [5.74, 6) is -0.546. The van der Waals surface area contributed by atoms with E-state index in [2.05, 4.69) is 0 Å². The molecule has 0 aliphatic carbocycles. The number of amides is 1. The van der Waals surface area contributed by atoms with Crippen LogP contribution in [0.3, 0.4) is 0 Å². The van der Waals surface area contributed by atoms with Crippen LogP contribution in [0.25, 0.3) is 0 Å². The molecule has 1 atom stereocenters. The van der Waals surface area contributed by atoms with Gasteiger partial charge >= 0.3 is 0 Å². The predicted molar refractivity (Wildman–Crippen MR) is 73.9 cm³/mol.